The maximum atomic E-state index is 11.5. The van der Waals surface area contributed by atoms with E-state index in [4.69, 9.17) is 0 Å². The quantitative estimate of drug-likeness (QED) is 0.394. The Bertz CT molecular complexity index is 914. The van der Waals surface area contributed by atoms with Gasteiger partial charge in [0.15, 0.2) is 5.82 Å². The number of nitrogens with zero attached hydrogens (tertiary/aromatic N) is 4. The molecule has 0 spiro atoms. The summed E-state index contributed by atoms with van der Waals surface area (Å²) in [4.78, 5) is 19.2. The van der Waals surface area contributed by atoms with Gasteiger partial charge in [-0.15, -0.1) is 0 Å². The molecule has 0 aliphatic carbocycles. The molecule has 1 heterocycles. The van der Waals surface area contributed by atoms with Crippen molar-refractivity contribution >= 4 is 33.5 Å². The van der Waals surface area contributed by atoms with E-state index in [-0.39, 0.29) is 17.2 Å². The molecule has 8 heteroatoms. The van der Waals surface area contributed by atoms with Crippen molar-refractivity contribution < 1.29 is 4.92 Å². The van der Waals surface area contributed by atoms with Crippen LogP contribution in [0.3, 0.4) is 0 Å². The van der Waals surface area contributed by atoms with Crippen LogP contribution in [0, 0.1) is 10.1 Å². The molecule has 0 aliphatic rings. The largest absolute Gasteiger partial charge is 0.305 e. The fourth-order valence-electron chi connectivity index (χ4n) is 2.17. The Morgan fingerprint density at radius 2 is 1.80 bits per heavy atom. The van der Waals surface area contributed by atoms with Crippen molar-refractivity contribution in [2.75, 3.05) is 5.43 Å². The lowest BCUT2D eigenvalue weighted by atomic mass is 10.1. The van der Waals surface area contributed by atoms with Crippen LogP contribution in [0.25, 0.3) is 11.4 Å². The van der Waals surface area contributed by atoms with Gasteiger partial charge < -0.3 is 0 Å². The highest BCUT2D eigenvalue weighted by Gasteiger charge is 2.22. The average molecular weight is 398 g/mol. The molecule has 0 atom stereocenters. The minimum absolute atomic E-state index is 0.123. The van der Waals surface area contributed by atoms with E-state index < -0.39 is 4.92 Å². The first-order valence-electron chi connectivity index (χ1n) is 7.24. The molecule has 0 aliphatic heterocycles. The second-order valence-corrected chi connectivity index (χ2v) is 5.87. The fraction of sp³-hybridized carbons (Fsp3) is 0. The zero-order valence-electron chi connectivity index (χ0n) is 12.8. The van der Waals surface area contributed by atoms with Crippen LogP contribution >= 0.6 is 15.9 Å². The lowest BCUT2D eigenvalue weighted by Crippen LogP contribution is -2.00. The summed E-state index contributed by atoms with van der Waals surface area (Å²) in [6.45, 7) is 0. The molecule has 0 radical (unpaired) electrons. The molecule has 1 N–H and O–H groups in total. The Morgan fingerprint density at radius 1 is 1.08 bits per heavy atom. The van der Waals surface area contributed by atoms with E-state index in [1.165, 1.54) is 12.4 Å². The number of benzene rings is 2. The maximum Gasteiger partial charge on any atom is 0.305 e. The number of para-hydroxylation sites is 1. The zero-order valence-corrected chi connectivity index (χ0v) is 14.4. The van der Waals surface area contributed by atoms with Gasteiger partial charge in [0, 0.05) is 16.9 Å². The monoisotopic (exact) mass is 397 g/mol. The Kier molecular flexibility index (Phi) is 5.10. The van der Waals surface area contributed by atoms with Crippen LogP contribution in [0.4, 0.5) is 11.4 Å². The third kappa shape index (κ3) is 4.04. The summed E-state index contributed by atoms with van der Waals surface area (Å²) in [5.41, 5.74) is 4.06. The second-order valence-electron chi connectivity index (χ2n) is 4.95. The molecule has 0 amide bonds. The smallest absolute Gasteiger partial charge is 0.272 e. The normalized spacial score (nSPS) is 10.8. The molecular formula is C17H12BrN5O2. The number of anilines is 1. The summed E-state index contributed by atoms with van der Waals surface area (Å²) < 4.78 is 0.962. The van der Waals surface area contributed by atoms with Gasteiger partial charge in [0.2, 0.25) is 0 Å². The van der Waals surface area contributed by atoms with Crippen LogP contribution in [0.15, 0.2) is 70.5 Å². The van der Waals surface area contributed by atoms with Crippen LogP contribution in [0.2, 0.25) is 0 Å². The standard InChI is InChI=1S/C17H12BrN5O2/c18-13-7-5-12(6-8-13)11-21-22-15-4-1-3-14(16(15)23(24)25)17-19-9-2-10-20-17/h1-11,22H/b21-11+. The van der Waals surface area contributed by atoms with Crippen molar-refractivity contribution in [3.8, 4) is 11.4 Å². The highest BCUT2D eigenvalue weighted by Crippen LogP contribution is 2.34. The number of hydrogen-bond acceptors (Lipinski definition) is 6. The van der Waals surface area contributed by atoms with Crippen LogP contribution in [-0.2, 0) is 0 Å². The third-order valence-electron chi connectivity index (χ3n) is 3.29. The maximum absolute atomic E-state index is 11.5. The van der Waals surface area contributed by atoms with Gasteiger partial charge in [-0.3, -0.25) is 15.5 Å². The van der Waals surface area contributed by atoms with Crippen molar-refractivity contribution in [3.05, 3.63) is 81.1 Å². The molecule has 25 heavy (non-hydrogen) atoms. The molecule has 0 saturated heterocycles. The van der Waals surface area contributed by atoms with Crippen molar-refractivity contribution in [2.45, 2.75) is 0 Å². The van der Waals surface area contributed by atoms with E-state index in [0.29, 0.717) is 5.56 Å². The molecule has 0 bridgehead atoms. The molecule has 3 aromatic rings. The molecular weight excluding hydrogens is 386 g/mol. The van der Waals surface area contributed by atoms with Gasteiger partial charge in [0.25, 0.3) is 0 Å². The van der Waals surface area contributed by atoms with E-state index in [0.717, 1.165) is 10.0 Å². The van der Waals surface area contributed by atoms with Crippen molar-refractivity contribution in [1.29, 1.82) is 0 Å². The Balaban J connectivity index is 1.91. The number of halogens is 1. The van der Waals surface area contributed by atoms with Crippen molar-refractivity contribution in [3.63, 3.8) is 0 Å². The van der Waals surface area contributed by atoms with Crippen LogP contribution < -0.4 is 5.43 Å². The number of aromatic nitrogens is 2. The lowest BCUT2D eigenvalue weighted by molar-refractivity contribution is -0.383. The summed E-state index contributed by atoms with van der Waals surface area (Å²) in [6, 6.07) is 14.1. The molecule has 1 aromatic heterocycles. The van der Waals surface area contributed by atoms with Gasteiger partial charge in [-0.1, -0.05) is 34.1 Å². The molecule has 0 unspecified atom stereocenters. The van der Waals surface area contributed by atoms with Crippen molar-refractivity contribution in [1.82, 2.24) is 9.97 Å². The number of nitro groups is 1. The molecule has 2 aromatic carbocycles. The first kappa shape index (κ1) is 16.7. The zero-order chi connectivity index (χ0) is 17.6. The van der Waals surface area contributed by atoms with Crippen LogP contribution in [-0.4, -0.2) is 21.1 Å². The predicted octanol–water partition coefficient (Wildman–Crippen LogP) is 4.26. The SMILES string of the molecule is O=[N+]([O-])c1c(N/N=C/c2ccc(Br)cc2)cccc1-c1ncccn1. The van der Waals surface area contributed by atoms with Gasteiger partial charge in [-0.05, 0) is 35.9 Å². The minimum atomic E-state index is -0.469. The van der Waals surface area contributed by atoms with Gasteiger partial charge in [0.05, 0.1) is 16.7 Å². The van der Waals surface area contributed by atoms with Gasteiger partial charge in [-0.25, -0.2) is 9.97 Å². The highest BCUT2D eigenvalue weighted by molar-refractivity contribution is 9.10. The van der Waals surface area contributed by atoms with E-state index in [1.807, 2.05) is 24.3 Å². The van der Waals surface area contributed by atoms with Gasteiger partial charge in [0.1, 0.15) is 5.69 Å². The summed E-state index contributed by atoms with van der Waals surface area (Å²) >= 11 is 3.36. The summed E-state index contributed by atoms with van der Waals surface area (Å²) in [5, 5.41) is 15.6. The number of rotatable bonds is 5. The third-order valence-corrected chi connectivity index (χ3v) is 3.82. The number of nitro benzene ring substituents is 1. The first-order valence-corrected chi connectivity index (χ1v) is 8.04. The summed E-state index contributed by atoms with van der Waals surface area (Å²) in [7, 11) is 0. The van der Waals surface area contributed by atoms with Crippen molar-refractivity contribution in [2.24, 2.45) is 5.10 Å². The van der Waals surface area contributed by atoms with E-state index in [2.05, 4.69) is 36.4 Å². The molecule has 0 fully saturated rings. The molecule has 124 valence electrons. The molecule has 0 saturated carbocycles. The summed E-state index contributed by atoms with van der Waals surface area (Å²) in [5.74, 6) is 0.287. The Hall–Kier alpha value is -3.13. The average Bonchev–Trinajstić information content (AvgIpc) is 2.64. The highest BCUT2D eigenvalue weighted by atomic mass is 79.9. The van der Waals surface area contributed by atoms with E-state index in [9.17, 15) is 10.1 Å². The Morgan fingerprint density at radius 3 is 2.48 bits per heavy atom. The topological polar surface area (TPSA) is 93.3 Å². The number of hydrogen-bond donors (Lipinski definition) is 1. The first-order chi connectivity index (χ1) is 12.1. The Labute approximate surface area is 151 Å². The molecule has 3 rings (SSSR count). The van der Waals surface area contributed by atoms with E-state index in [1.54, 1.807) is 30.5 Å². The second kappa shape index (κ2) is 7.63. The number of nitrogens with one attached hydrogen (secondary N) is 1. The lowest BCUT2D eigenvalue weighted by Gasteiger charge is -2.06. The van der Waals surface area contributed by atoms with Gasteiger partial charge >= 0.3 is 5.69 Å². The fourth-order valence-corrected chi connectivity index (χ4v) is 2.44. The van der Waals surface area contributed by atoms with E-state index >= 15 is 0 Å². The molecule has 7 nitrogen and oxygen atoms in total. The predicted molar refractivity (Wildman–Crippen MR) is 99.5 cm³/mol. The van der Waals surface area contributed by atoms with Crippen LogP contribution in [0.1, 0.15) is 5.56 Å². The summed E-state index contributed by atoms with van der Waals surface area (Å²) in [6.07, 6.45) is 4.66. The minimum Gasteiger partial charge on any atom is -0.272 e. The van der Waals surface area contributed by atoms with Gasteiger partial charge in [-0.2, -0.15) is 5.10 Å². The number of hydrazone groups is 1. The van der Waals surface area contributed by atoms with Crippen LogP contribution in [0.5, 0.6) is 0 Å².